The lowest BCUT2D eigenvalue weighted by atomic mass is 10.2. The number of ether oxygens (including phenoxy) is 1. The van der Waals surface area contributed by atoms with Crippen molar-refractivity contribution in [1.29, 1.82) is 0 Å². The summed E-state index contributed by atoms with van der Waals surface area (Å²) in [6.07, 6.45) is 0.275. The number of nitrogens with zero attached hydrogens (tertiary/aromatic N) is 2. The van der Waals surface area contributed by atoms with Crippen molar-refractivity contribution in [3.05, 3.63) is 69.6 Å². The number of hydrogen-bond acceptors (Lipinski definition) is 5. The Balaban J connectivity index is 1.50. The minimum atomic E-state index is 0.00959. The Hall–Kier alpha value is -2.60. The largest absolute Gasteiger partial charge is 0.486 e. The smallest absolute Gasteiger partial charge is 0.228 e. The highest BCUT2D eigenvalue weighted by atomic mass is 32.1. The molecule has 2 aromatic heterocycles. The van der Waals surface area contributed by atoms with E-state index in [-0.39, 0.29) is 12.3 Å². The van der Waals surface area contributed by atoms with Gasteiger partial charge in [0, 0.05) is 12.4 Å². The third-order valence-electron chi connectivity index (χ3n) is 3.93. The monoisotopic (exact) mass is 370 g/mol. The summed E-state index contributed by atoms with van der Waals surface area (Å²) >= 11 is 1.51. The van der Waals surface area contributed by atoms with E-state index in [9.17, 15) is 4.79 Å². The standard InChI is InChI=1S/C20H22N2O3S/c1-14-4-7-17(8-5-14)24-12-19-21-16(13-26-19)10-20(23)22(3)11-18-9-6-15(2)25-18/h4-9,13H,10-12H2,1-3H3. The summed E-state index contributed by atoms with van der Waals surface area (Å²) in [6, 6.07) is 11.7. The van der Waals surface area contributed by atoms with E-state index < -0.39 is 0 Å². The molecule has 2 heterocycles. The fourth-order valence-electron chi connectivity index (χ4n) is 2.46. The van der Waals surface area contributed by atoms with Gasteiger partial charge in [-0.1, -0.05) is 17.7 Å². The molecule has 0 aliphatic rings. The van der Waals surface area contributed by atoms with Gasteiger partial charge in [0.15, 0.2) is 0 Å². The molecule has 1 amide bonds. The average Bonchev–Trinajstić information content (AvgIpc) is 3.23. The summed E-state index contributed by atoms with van der Waals surface area (Å²) in [5.74, 6) is 2.45. The highest BCUT2D eigenvalue weighted by Crippen LogP contribution is 2.17. The summed E-state index contributed by atoms with van der Waals surface area (Å²) in [7, 11) is 1.77. The van der Waals surface area contributed by atoms with E-state index in [2.05, 4.69) is 4.98 Å². The summed E-state index contributed by atoms with van der Waals surface area (Å²) in [5.41, 5.74) is 1.96. The summed E-state index contributed by atoms with van der Waals surface area (Å²) in [5, 5.41) is 2.77. The molecular weight excluding hydrogens is 348 g/mol. The maximum atomic E-state index is 12.4. The van der Waals surface area contributed by atoms with Crippen LogP contribution in [0.25, 0.3) is 0 Å². The minimum Gasteiger partial charge on any atom is -0.486 e. The second-order valence-electron chi connectivity index (χ2n) is 6.27. The number of carbonyl (C=O) groups is 1. The first-order chi connectivity index (χ1) is 12.5. The number of thiazole rings is 1. The lowest BCUT2D eigenvalue weighted by Crippen LogP contribution is -2.27. The van der Waals surface area contributed by atoms with Crippen molar-refractivity contribution in [1.82, 2.24) is 9.88 Å². The zero-order valence-corrected chi connectivity index (χ0v) is 16.0. The second kappa shape index (κ2) is 8.19. The van der Waals surface area contributed by atoms with Crippen LogP contribution in [0.3, 0.4) is 0 Å². The van der Waals surface area contributed by atoms with Gasteiger partial charge in [0.25, 0.3) is 0 Å². The van der Waals surface area contributed by atoms with E-state index in [1.165, 1.54) is 16.9 Å². The molecule has 0 spiro atoms. The van der Waals surface area contributed by atoms with Crippen LogP contribution < -0.4 is 4.74 Å². The molecule has 0 aliphatic heterocycles. The van der Waals surface area contributed by atoms with E-state index in [1.807, 2.05) is 55.6 Å². The van der Waals surface area contributed by atoms with Crippen molar-refractivity contribution < 1.29 is 13.9 Å². The number of furan rings is 1. The van der Waals surface area contributed by atoms with Crippen molar-refractivity contribution in [2.75, 3.05) is 7.05 Å². The SMILES string of the molecule is Cc1ccc(OCc2nc(CC(=O)N(C)Cc3ccc(C)o3)cs2)cc1. The number of aromatic nitrogens is 1. The van der Waals surface area contributed by atoms with E-state index >= 15 is 0 Å². The fourth-order valence-corrected chi connectivity index (χ4v) is 3.16. The maximum absolute atomic E-state index is 12.4. The molecule has 0 aliphatic carbocycles. The highest BCUT2D eigenvalue weighted by molar-refractivity contribution is 7.09. The van der Waals surface area contributed by atoms with Gasteiger partial charge in [-0.3, -0.25) is 4.79 Å². The molecule has 6 heteroatoms. The fraction of sp³-hybridized carbons (Fsp3) is 0.300. The van der Waals surface area contributed by atoms with Gasteiger partial charge >= 0.3 is 0 Å². The lowest BCUT2D eigenvalue weighted by molar-refractivity contribution is -0.130. The molecule has 0 N–H and O–H groups in total. The Morgan fingerprint density at radius 1 is 1.19 bits per heavy atom. The topological polar surface area (TPSA) is 55.6 Å². The first kappa shape index (κ1) is 18.2. The normalized spacial score (nSPS) is 10.7. The van der Waals surface area contributed by atoms with Gasteiger partial charge in [0.1, 0.15) is 28.9 Å². The summed E-state index contributed by atoms with van der Waals surface area (Å²) < 4.78 is 11.3. The number of amides is 1. The Labute approximate surface area is 157 Å². The van der Waals surface area contributed by atoms with Crippen molar-refractivity contribution in [3.63, 3.8) is 0 Å². The lowest BCUT2D eigenvalue weighted by Gasteiger charge is -2.14. The molecule has 5 nitrogen and oxygen atoms in total. The quantitative estimate of drug-likeness (QED) is 0.627. The maximum Gasteiger partial charge on any atom is 0.228 e. The number of aryl methyl sites for hydroxylation is 2. The van der Waals surface area contributed by atoms with E-state index in [0.29, 0.717) is 13.2 Å². The molecule has 0 unspecified atom stereocenters. The van der Waals surface area contributed by atoms with Crippen LogP contribution in [0, 0.1) is 13.8 Å². The Morgan fingerprint density at radius 2 is 1.96 bits per heavy atom. The molecule has 136 valence electrons. The molecule has 0 saturated heterocycles. The van der Waals surface area contributed by atoms with Crippen molar-refractivity contribution >= 4 is 17.2 Å². The molecule has 0 radical (unpaired) electrons. The summed E-state index contributed by atoms with van der Waals surface area (Å²) in [4.78, 5) is 18.5. The zero-order valence-electron chi connectivity index (χ0n) is 15.2. The zero-order chi connectivity index (χ0) is 18.5. The van der Waals surface area contributed by atoms with Crippen LogP contribution in [0.1, 0.15) is 27.8 Å². The Kier molecular flexibility index (Phi) is 5.73. The number of likely N-dealkylation sites (N-methyl/N-ethyl adjacent to an activating group) is 1. The van der Waals surface area contributed by atoms with Gasteiger partial charge in [-0.25, -0.2) is 4.98 Å². The van der Waals surface area contributed by atoms with Crippen LogP contribution in [0.4, 0.5) is 0 Å². The van der Waals surface area contributed by atoms with E-state index in [0.717, 1.165) is 28.0 Å². The third-order valence-corrected chi connectivity index (χ3v) is 4.80. The third kappa shape index (κ3) is 4.95. The van der Waals surface area contributed by atoms with Crippen molar-refractivity contribution in [2.45, 2.75) is 33.4 Å². The minimum absolute atomic E-state index is 0.00959. The second-order valence-corrected chi connectivity index (χ2v) is 7.22. The molecule has 3 rings (SSSR count). The first-order valence-electron chi connectivity index (χ1n) is 8.41. The molecule has 0 bridgehead atoms. The van der Waals surface area contributed by atoms with Gasteiger partial charge < -0.3 is 14.1 Å². The van der Waals surface area contributed by atoms with Crippen LogP contribution in [0.15, 0.2) is 46.2 Å². The van der Waals surface area contributed by atoms with Crippen LogP contribution in [-0.2, 0) is 24.4 Å². The highest BCUT2D eigenvalue weighted by Gasteiger charge is 2.14. The van der Waals surface area contributed by atoms with Crippen LogP contribution in [-0.4, -0.2) is 22.8 Å². The van der Waals surface area contributed by atoms with Crippen LogP contribution in [0.2, 0.25) is 0 Å². The van der Waals surface area contributed by atoms with Gasteiger partial charge in [-0.2, -0.15) is 0 Å². The number of rotatable bonds is 7. The molecular formula is C20H22N2O3S. The molecule has 26 heavy (non-hydrogen) atoms. The Bertz CT molecular complexity index is 867. The molecule has 0 atom stereocenters. The number of benzene rings is 1. The Morgan fingerprint density at radius 3 is 2.65 bits per heavy atom. The molecule has 3 aromatic rings. The predicted molar refractivity (Wildman–Crippen MR) is 101 cm³/mol. The van der Waals surface area contributed by atoms with Gasteiger partial charge in [0.05, 0.1) is 18.7 Å². The van der Waals surface area contributed by atoms with Gasteiger partial charge in [0.2, 0.25) is 5.91 Å². The van der Waals surface area contributed by atoms with Gasteiger partial charge in [-0.05, 0) is 38.1 Å². The van der Waals surface area contributed by atoms with Crippen LogP contribution >= 0.6 is 11.3 Å². The number of hydrogen-bond donors (Lipinski definition) is 0. The van der Waals surface area contributed by atoms with Crippen molar-refractivity contribution in [3.8, 4) is 5.75 Å². The van der Waals surface area contributed by atoms with Crippen molar-refractivity contribution in [2.24, 2.45) is 0 Å². The van der Waals surface area contributed by atoms with E-state index in [4.69, 9.17) is 9.15 Å². The molecule has 0 fully saturated rings. The predicted octanol–water partition coefficient (Wildman–Crippen LogP) is 4.13. The van der Waals surface area contributed by atoms with Gasteiger partial charge in [-0.15, -0.1) is 11.3 Å². The average molecular weight is 370 g/mol. The number of carbonyl (C=O) groups excluding carboxylic acids is 1. The first-order valence-corrected chi connectivity index (χ1v) is 9.29. The molecule has 0 saturated carbocycles. The van der Waals surface area contributed by atoms with Crippen LogP contribution in [0.5, 0.6) is 5.75 Å². The van der Waals surface area contributed by atoms with E-state index in [1.54, 1.807) is 11.9 Å². The molecule has 1 aromatic carbocycles. The summed E-state index contributed by atoms with van der Waals surface area (Å²) in [6.45, 7) is 4.79.